The van der Waals surface area contributed by atoms with Crippen LogP contribution in [0.25, 0.3) is 0 Å². The molecule has 2 rings (SSSR count). The number of alkyl halides is 3. The number of aliphatic hydroxyl groups is 1. The van der Waals surface area contributed by atoms with Crippen molar-refractivity contribution in [2.45, 2.75) is 31.7 Å². The van der Waals surface area contributed by atoms with E-state index in [2.05, 4.69) is 20.4 Å². The molecule has 0 aliphatic rings. The van der Waals surface area contributed by atoms with Crippen molar-refractivity contribution >= 4 is 29.9 Å². The topological polar surface area (TPSA) is 83.5 Å². The zero-order valence-corrected chi connectivity index (χ0v) is 19.1. The summed E-state index contributed by atoms with van der Waals surface area (Å²) >= 11 is 0. The van der Waals surface area contributed by atoms with E-state index < -0.39 is 24.0 Å². The van der Waals surface area contributed by atoms with Crippen molar-refractivity contribution in [1.82, 2.24) is 29.5 Å². The van der Waals surface area contributed by atoms with Crippen LogP contribution in [0.2, 0.25) is 0 Å². The Labute approximate surface area is 184 Å². The molecule has 1 atom stereocenters. The molecular formula is C17H27F3IN7O. The normalized spacial score (nSPS) is 14.3. The predicted molar refractivity (Wildman–Crippen MR) is 114 cm³/mol. The number of rotatable bonds is 7. The van der Waals surface area contributed by atoms with Gasteiger partial charge in [0, 0.05) is 71.4 Å². The van der Waals surface area contributed by atoms with Crippen LogP contribution in [0.5, 0.6) is 0 Å². The molecule has 0 bridgehead atoms. The molecule has 0 amide bonds. The Kier molecular flexibility index (Phi) is 8.93. The summed E-state index contributed by atoms with van der Waals surface area (Å²) < 4.78 is 43.6. The van der Waals surface area contributed by atoms with Gasteiger partial charge in [0.1, 0.15) is 5.82 Å². The molecule has 0 saturated carbocycles. The van der Waals surface area contributed by atoms with Gasteiger partial charge in [-0.2, -0.15) is 18.3 Å². The van der Waals surface area contributed by atoms with E-state index in [-0.39, 0.29) is 30.5 Å². The number of guanidine groups is 1. The van der Waals surface area contributed by atoms with Crippen molar-refractivity contribution in [1.29, 1.82) is 0 Å². The van der Waals surface area contributed by atoms with Crippen LogP contribution in [0.1, 0.15) is 24.7 Å². The molecule has 0 saturated heterocycles. The van der Waals surface area contributed by atoms with Crippen LogP contribution in [0.3, 0.4) is 0 Å². The fraction of sp³-hybridized carbons (Fsp3) is 0.588. The second-order valence-corrected chi connectivity index (χ2v) is 6.58. The van der Waals surface area contributed by atoms with Crippen molar-refractivity contribution in [3.63, 3.8) is 0 Å². The van der Waals surface area contributed by atoms with Gasteiger partial charge in [0.25, 0.3) is 0 Å². The molecule has 2 heterocycles. The Hall–Kier alpha value is -1.83. The molecule has 29 heavy (non-hydrogen) atoms. The van der Waals surface area contributed by atoms with E-state index >= 15 is 0 Å². The molecule has 2 N–H and O–H groups in total. The van der Waals surface area contributed by atoms with Crippen LogP contribution < -0.4 is 5.32 Å². The van der Waals surface area contributed by atoms with Crippen molar-refractivity contribution in [3.05, 3.63) is 36.2 Å². The number of imidazole rings is 1. The minimum atomic E-state index is -4.87. The number of nitrogens with zero attached hydrogens (tertiary/aromatic N) is 6. The SMILES string of the molecule is CCNC(=NCCC(O)(c1nccn1C)C(F)(F)F)N(C)Cc1cnn(C)c1.I. The van der Waals surface area contributed by atoms with Crippen molar-refractivity contribution in [2.75, 3.05) is 20.1 Å². The van der Waals surface area contributed by atoms with E-state index in [0.717, 1.165) is 10.1 Å². The van der Waals surface area contributed by atoms with Gasteiger partial charge in [0.05, 0.1) is 6.20 Å². The summed E-state index contributed by atoms with van der Waals surface area (Å²) in [7, 11) is 5.00. The van der Waals surface area contributed by atoms with Gasteiger partial charge in [0.15, 0.2) is 5.96 Å². The third-order valence-corrected chi connectivity index (χ3v) is 4.27. The number of aliphatic imine (C=N–C) groups is 1. The summed E-state index contributed by atoms with van der Waals surface area (Å²) in [6.07, 6.45) is 0.633. The summed E-state index contributed by atoms with van der Waals surface area (Å²) in [4.78, 5) is 9.74. The summed E-state index contributed by atoms with van der Waals surface area (Å²) in [5.41, 5.74) is -2.14. The van der Waals surface area contributed by atoms with E-state index in [0.29, 0.717) is 19.0 Å². The van der Waals surface area contributed by atoms with Crippen molar-refractivity contribution < 1.29 is 18.3 Å². The van der Waals surface area contributed by atoms with Crippen LogP contribution in [0.4, 0.5) is 13.2 Å². The van der Waals surface area contributed by atoms with Gasteiger partial charge in [-0.25, -0.2) is 4.98 Å². The lowest BCUT2D eigenvalue weighted by atomic mass is 9.98. The molecule has 2 aromatic heterocycles. The smallest absolute Gasteiger partial charge is 0.374 e. The molecule has 8 nitrogen and oxygen atoms in total. The van der Waals surface area contributed by atoms with E-state index in [1.807, 2.05) is 13.1 Å². The fourth-order valence-electron chi connectivity index (χ4n) is 2.84. The van der Waals surface area contributed by atoms with Gasteiger partial charge in [-0.3, -0.25) is 9.67 Å². The highest BCUT2D eigenvalue weighted by Crippen LogP contribution is 2.40. The average Bonchev–Trinajstić information content (AvgIpc) is 3.21. The molecule has 0 aromatic carbocycles. The molecule has 164 valence electrons. The minimum Gasteiger partial charge on any atom is -0.374 e. The van der Waals surface area contributed by atoms with Gasteiger partial charge >= 0.3 is 6.18 Å². The number of aryl methyl sites for hydroxylation is 2. The second kappa shape index (κ2) is 10.3. The molecule has 0 spiro atoms. The number of halogens is 4. The highest BCUT2D eigenvalue weighted by atomic mass is 127. The first kappa shape index (κ1) is 25.2. The maximum absolute atomic E-state index is 13.6. The first-order chi connectivity index (χ1) is 13.1. The number of aromatic nitrogens is 4. The van der Waals surface area contributed by atoms with Crippen LogP contribution >= 0.6 is 24.0 Å². The fourth-order valence-corrected chi connectivity index (χ4v) is 2.84. The average molecular weight is 529 g/mol. The molecule has 0 aliphatic heterocycles. The molecule has 12 heteroatoms. The monoisotopic (exact) mass is 529 g/mol. The number of hydrogen-bond donors (Lipinski definition) is 2. The number of hydrogen-bond acceptors (Lipinski definition) is 4. The van der Waals surface area contributed by atoms with E-state index in [9.17, 15) is 18.3 Å². The summed E-state index contributed by atoms with van der Waals surface area (Å²) in [5, 5.41) is 17.5. The standard InChI is InChI=1S/C17H26F3N7O.HI/c1-5-21-15(26(3)11-13-10-24-27(4)12-13)23-7-6-16(28,17(18,19)20)14-22-8-9-25(14)2;/h8-10,12,28H,5-7,11H2,1-4H3,(H,21,23);1H. The molecule has 0 aliphatic carbocycles. The van der Waals surface area contributed by atoms with Gasteiger partial charge in [-0.1, -0.05) is 0 Å². The summed E-state index contributed by atoms with van der Waals surface area (Å²) in [6.45, 7) is 2.68. The van der Waals surface area contributed by atoms with Crippen LogP contribution in [-0.4, -0.2) is 61.6 Å². The van der Waals surface area contributed by atoms with E-state index in [1.54, 1.807) is 29.9 Å². The first-order valence-electron chi connectivity index (χ1n) is 8.82. The largest absolute Gasteiger partial charge is 0.424 e. The third kappa shape index (κ3) is 6.07. The van der Waals surface area contributed by atoms with Crippen LogP contribution in [-0.2, 0) is 26.2 Å². The Morgan fingerprint density at radius 3 is 2.52 bits per heavy atom. The minimum absolute atomic E-state index is 0. The predicted octanol–water partition coefficient (Wildman–Crippen LogP) is 2.01. The quantitative estimate of drug-likeness (QED) is 0.326. The first-order valence-corrected chi connectivity index (χ1v) is 8.82. The lowest BCUT2D eigenvalue weighted by molar-refractivity contribution is -0.272. The maximum Gasteiger partial charge on any atom is 0.424 e. The summed E-state index contributed by atoms with van der Waals surface area (Å²) in [6, 6.07) is 0. The Morgan fingerprint density at radius 1 is 1.34 bits per heavy atom. The Balaban J connectivity index is 0.00000420. The lowest BCUT2D eigenvalue weighted by Gasteiger charge is -2.29. The highest BCUT2D eigenvalue weighted by Gasteiger charge is 2.57. The van der Waals surface area contributed by atoms with Gasteiger partial charge in [0.2, 0.25) is 5.60 Å². The zero-order valence-electron chi connectivity index (χ0n) is 16.8. The maximum atomic E-state index is 13.6. The molecule has 0 radical (unpaired) electrons. The van der Waals surface area contributed by atoms with Crippen LogP contribution in [0, 0.1) is 0 Å². The van der Waals surface area contributed by atoms with E-state index in [1.165, 1.54) is 19.4 Å². The van der Waals surface area contributed by atoms with Crippen LogP contribution in [0.15, 0.2) is 29.8 Å². The lowest BCUT2D eigenvalue weighted by Crippen LogP contribution is -2.45. The third-order valence-electron chi connectivity index (χ3n) is 4.27. The summed E-state index contributed by atoms with van der Waals surface area (Å²) in [5.74, 6) is -0.0142. The van der Waals surface area contributed by atoms with Gasteiger partial charge in [-0.15, -0.1) is 24.0 Å². The molecular weight excluding hydrogens is 502 g/mol. The number of nitrogens with one attached hydrogen (secondary N) is 1. The van der Waals surface area contributed by atoms with E-state index in [4.69, 9.17) is 0 Å². The second-order valence-electron chi connectivity index (χ2n) is 6.58. The molecule has 1 unspecified atom stereocenters. The Morgan fingerprint density at radius 2 is 2.03 bits per heavy atom. The van der Waals surface area contributed by atoms with Gasteiger partial charge < -0.3 is 19.9 Å². The van der Waals surface area contributed by atoms with Crippen molar-refractivity contribution in [2.24, 2.45) is 19.1 Å². The van der Waals surface area contributed by atoms with Crippen molar-refractivity contribution in [3.8, 4) is 0 Å². The van der Waals surface area contributed by atoms with Gasteiger partial charge in [-0.05, 0) is 6.92 Å². The highest BCUT2D eigenvalue weighted by molar-refractivity contribution is 14.0. The molecule has 0 fully saturated rings. The molecule has 2 aromatic rings. The zero-order chi connectivity index (χ0) is 20.9. The Bertz CT molecular complexity index is 805.